The minimum Gasteiger partial charge on any atom is -0.454 e. The Bertz CT molecular complexity index is 1060. The van der Waals surface area contributed by atoms with Gasteiger partial charge in [-0.1, -0.05) is 0 Å². The molecule has 12 heteroatoms. The Labute approximate surface area is 167 Å². The number of hydrogen-bond acceptors (Lipinski definition) is 7. The van der Waals surface area contributed by atoms with Gasteiger partial charge in [0.2, 0.25) is 0 Å². The molecule has 0 saturated carbocycles. The SMILES string of the molecule is N/C=N\c1ncc(Oc2cncc(OC(F)F)c2)cc1C(=O)Nc1ccc(F)cn1. The highest BCUT2D eigenvalue weighted by molar-refractivity contribution is 6.07. The van der Waals surface area contributed by atoms with Crippen LogP contribution in [-0.4, -0.2) is 33.8 Å². The van der Waals surface area contributed by atoms with E-state index < -0.39 is 18.3 Å². The topological polar surface area (TPSA) is 125 Å². The van der Waals surface area contributed by atoms with E-state index in [1.807, 2.05) is 0 Å². The number of rotatable bonds is 7. The standard InChI is InChI=1S/C18H13F3N6O3/c19-10-1-2-15(24-5-10)27-17(28)14-4-13(8-25-16(14)26-9-22)29-11-3-12(7-23-6-11)30-18(20)21/h1-9,18H,(H2,22,25,26)(H,24,27,28). The molecule has 0 aromatic carbocycles. The van der Waals surface area contributed by atoms with Crippen molar-refractivity contribution in [3.8, 4) is 17.2 Å². The Morgan fingerprint density at radius 1 is 1.10 bits per heavy atom. The molecule has 0 aliphatic heterocycles. The number of alkyl halides is 2. The average molecular weight is 418 g/mol. The summed E-state index contributed by atoms with van der Waals surface area (Å²) in [4.78, 5) is 27.9. The summed E-state index contributed by atoms with van der Waals surface area (Å²) >= 11 is 0. The van der Waals surface area contributed by atoms with Gasteiger partial charge < -0.3 is 20.5 Å². The Kier molecular flexibility index (Phi) is 6.37. The number of pyridine rings is 3. The Morgan fingerprint density at radius 3 is 2.57 bits per heavy atom. The van der Waals surface area contributed by atoms with Crippen LogP contribution in [0, 0.1) is 5.82 Å². The van der Waals surface area contributed by atoms with Crippen LogP contribution in [0.2, 0.25) is 0 Å². The molecule has 0 spiro atoms. The van der Waals surface area contributed by atoms with Crippen molar-refractivity contribution in [1.29, 1.82) is 0 Å². The lowest BCUT2D eigenvalue weighted by atomic mass is 10.2. The fraction of sp³-hybridized carbons (Fsp3) is 0.0556. The molecule has 0 atom stereocenters. The number of nitrogens with two attached hydrogens (primary N) is 1. The number of carbonyl (C=O) groups excluding carboxylic acids is 1. The van der Waals surface area contributed by atoms with Crippen molar-refractivity contribution >= 4 is 23.9 Å². The van der Waals surface area contributed by atoms with Crippen molar-refractivity contribution in [2.24, 2.45) is 10.7 Å². The average Bonchev–Trinajstić information content (AvgIpc) is 2.71. The fourth-order valence-corrected chi connectivity index (χ4v) is 2.23. The number of aromatic nitrogens is 3. The smallest absolute Gasteiger partial charge is 0.387 e. The molecule has 3 rings (SSSR count). The second-order valence-electron chi connectivity index (χ2n) is 5.47. The van der Waals surface area contributed by atoms with E-state index in [4.69, 9.17) is 10.5 Å². The Balaban J connectivity index is 1.85. The summed E-state index contributed by atoms with van der Waals surface area (Å²) in [5, 5.41) is 2.46. The van der Waals surface area contributed by atoms with Crippen molar-refractivity contribution in [3.63, 3.8) is 0 Å². The molecule has 0 aliphatic carbocycles. The van der Waals surface area contributed by atoms with E-state index in [1.165, 1.54) is 30.6 Å². The first-order valence-corrected chi connectivity index (χ1v) is 8.19. The van der Waals surface area contributed by atoms with E-state index in [1.54, 1.807) is 0 Å². The monoisotopic (exact) mass is 418 g/mol. The number of aliphatic imine (C=N–C) groups is 1. The molecule has 9 nitrogen and oxygen atoms in total. The van der Waals surface area contributed by atoms with Crippen LogP contribution in [0.5, 0.6) is 17.2 Å². The van der Waals surface area contributed by atoms with E-state index >= 15 is 0 Å². The van der Waals surface area contributed by atoms with Crippen molar-refractivity contribution in [3.05, 3.63) is 60.4 Å². The van der Waals surface area contributed by atoms with Gasteiger partial charge in [-0.05, 0) is 18.2 Å². The lowest BCUT2D eigenvalue weighted by Gasteiger charge is -2.10. The quantitative estimate of drug-likeness (QED) is 0.446. The first-order chi connectivity index (χ1) is 14.4. The maximum atomic E-state index is 13.0. The van der Waals surface area contributed by atoms with Gasteiger partial charge >= 0.3 is 6.61 Å². The molecule has 0 fully saturated rings. The van der Waals surface area contributed by atoms with E-state index in [9.17, 15) is 18.0 Å². The molecule has 0 bridgehead atoms. The third-order valence-electron chi connectivity index (χ3n) is 3.40. The normalized spacial score (nSPS) is 10.9. The van der Waals surface area contributed by atoms with Crippen LogP contribution in [0.25, 0.3) is 0 Å². The fourth-order valence-electron chi connectivity index (χ4n) is 2.23. The first kappa shape index (κ1) is 20.5. The number of nitrogens with zero attached hydrogens (tertiary/aromatic N) is 4. The maximum Gasteiger partial charge on any atom is 0.387 e. The first-order valence-electron chi connectivity index (χ1n) is 8.19. The van der Waals surface area contributed by atoms with Crippen LogP contribution in [0.4, 0.5) is 24.8 Å². The molecule has 154 valence electrons. The zero-order chi connectivity index (χ0) is 21.5. The zero-order valence-corrected chi connectivity index (χ0v) is 15.0. The number of ether oxygens (including phenoxy) is 2. The van der Waals surface area contributed by atoms with Crippen LogP contribution in [-0.2, 0) is 0 Å². The molecular formula is C18H13F3N6O3. The van der Waals surface area contributed by atoms with Crippen LogP contribution < -0.4 is 20.5 Å². The number of hydrogen-bond donors (Lipinski definition) is 2. The maximum absolute atomic E-state index is 13.0. The number of carbonyl (C=O) groups is 1. The lowest BCUT2D eigenvalue weighted by Crippen LogP contribution is -2.14. The van der Waals surface area contributed by atoms with Gasteiger partial charge in [0, 0.05) is 6.07 Å². The summed E-state index contributed by atoms with van der Waals surface area (Å²) in [7, 11) is 0. The molecule has 0 radical (unpaired) electrons. The molecule has 3 aromatic heterocycles. The summed E-state index contributed by atoms with van der Waals surface area (Å²) in [6.45, 7) is -3.02. The van der Waals surface area contributed by atoms with E-state index in [-0.39, 0.29) is 34.4 Å². The van der Waals surface area contributed by atoms with Gasteiger partial charge in [-0.15, -0.1) is 0 Å². The van der Waals surface area contributed by atoms with Gasteiger partial charge in [-0.3, -0.25) is 9.78 Å². The van der Waals surface area contributed by atoms with E-state index in [2.05, 4.69) is 30.0 Å². The van der Waals surface area contributed by atoms with Gasteiger partial charge in [0.05, 0.1) is 36.7 Å². The predicted octanol–water partition coefficient (Wildman–Crippen LogP) is 3.28. The molecule has 1 amide bonds. The highest BCUT2D eigenvalue weighted by atomic mass is 19.3. The molecule has 30 heavy (non-hydrogen) atoms. The second kappa shape index (κ2) is 9.32. The van der Waals surface area contributed by atoms with E-state index in [0.29, 0.717) is 0 Å². The third kappa shape index (κ3) is 5.41. The van der Waals surface area contributed by atoms with Crippen molar-refractivity contribution < 1.29 is 27.4 Å². The minimum atomic E-state index is -3.02. The van der Waals surface area contributed by atoms with Gasteiger partial charge in [0.15, 0.2) is 5.82 Å². The molecule has 3 N–H and O–H groups in total. The molecule has 3 heterocycles. The summed E-state index contributed by atoms with van der Waals surface area (Å²) in [6.07, 6.45) is 5.48. The van der Waals surface area contributed by atoms with Gasteiger partial charge in [-0.25, -0.2) is 19.4 Å². The summed E-state index contributed by atoms with van der Waals surface area (Å²) in [5.41, 5.74) is 5.25. The minimum absolute atomic E-state index is 0.0163. The van der Waals surface area contributed by atoms with Crippen molar-refractivity contribution in [2.45, 2.75) is 6.61 Å². The van der Waals surface area contributed by atoms with Crippen LogP contribution in [0.15, 0.2) is 54.0 Å². The Hall–Kier alpha value is -4.22. The van der Waals surface area contributed by atoms with Crippen LogP contribution in [0.1, 0.15) is 10.4 Å². The Morgan fingerprint density at radius 2 is 1.87 bits per heavy atom. The zero-order valence-electron chi connectivity index (χ0n) is 15.0. The van der Waals surface area contributed by atoms with Gasteiger partial charge in [0.25, 0.3) is 5.91 Å². The third-order valence-corrected chi connectivity index (χ3v) is 3.40. The molecular weight excluding hydrogens is 405 g/mol. The molecule has 0 unspecified atom stereocenters. The molecule has 0 saturated heterocycles. The van der Waals surface area contributed by atoms with E-state index in [0.717, 1.165) is 24.8 Å². The van der Waals surface area contributed by atoms with Crippen LogP contribution in [0.3, 0.4) is 0 Å². The van der Waals surface area contributed by atoms with Crippen LogP contribution >= 0.6 is 0 Å². The number of anilines is 1. The molecule has 0 aliphatic rings. The summed E-state index contributed by atoms with van der Waals surface area (Å²) in [6, 6.07) is 4.88. The number of halogens is 3. The van der Waals surface area contributed by atoms with Crippen molar-refractivity contribution in [2.75, 3.05) is 5.32 Å². The summed E-state index contributed by atoms with van der Waals surface area (Å²) < 4.78 is 47.4. The highest BCUT2D eigenvalue weighted by Crippen LogP contribution is 2.28. The largest absolute Gasteiger partial charge is 0.454 e. The predicted molar refractivity (Wildman–Crippen MR) is 99.7 cm³/mol. The second-order valence-corrected chi connectivity index (χ2v) is 5.47. The number of nitrogens with one attached hydrogen (secondary N) is 1. The lowest BCUT2D eigenvalue weighted by molar-refractivity contribution is -0.0501. The van der Waals surface area contributed by atoms with Crippen molar-refractivity contribution in [1.82, 2.24) is 15.0 Å². The molecule has 3 aromatic rings. The highest BCUT2D eigenvalue weighted by Gasteiger charge is 2.16. The number of amides is 1. The summed E-state index contributed by atoms with van der Waals surface area (Å²) in [5.74, 6) is -1.21. The van der Waals surface area contributed by atoms with Gasteiger partial charge in [0.1, 0.15) is 28.9 Å². The van der Waals surface area contributed by atoms with Gasteiger partial charge in [-0.2, -0.15) is 8.78 Å².